The average Bonchev–Trinajstić information content (AvgIpc) is 2.71. The SMILES string of the molecule is COc1ccc(NC(=O)c2cc(Nc3c(C)cccc3C)ccn2)cc1OC. The monoisotopic (exact) mass is 377 g/mol. The quantitative estimate of drug-likeness (QED) is 0.651. The zero-order chi connectivity index (χ0) is 20.1. The summed E-state index contributed by atoms with van der Waals surface area (Å²) in [6.45, 7) is 4.09. The number of amides is 1. The molecule has 1 heterocycles. The highest BCUT2D eigenvalue weighted by atomic mass is 16.5. The molecular formula is C22H23N3O3. The summed E-state index contributed by atoms with van der Waals surface area (Å²) in [4.78, 5) is 16.8. The summed E-state index contributed by atoms with van der Waals surface area (Å²) in [5.74, 6) is 0.828. The minimum atomic E-state index is -0.308. The number of benzene rings is 2. The van der Waals surface area contributed by atoms with E-state index in [0.29, 0.717) is 22.9 Å². The zero-order valence-electron chi connectivity index (χ0n) is 16.4. The Morgan fingerprint density at radius 1 is 0.893 bits per heavy atom. The first kappa shape index (κ1) is 19.2. The first-order chi connectivity index (χ1) is 13.5. The molecule has 3 rings (SSSR count). The van der Waals surface area contributed by atoms with Crippen LogP contribution in [0.4, 0.5) is 17.1 Å². The van der Waals surface area contributed by atoms with Crippen molar-refractivity contribution >= 4 is 23.0 Å². The number of aryl methyl sites for hydroxylation is 2. The van der Waals surface area contributed by atoms with Gasteiger partial charge in [0.25, 0.3) is 5.91 Å². The maximum atomic E-state index is 12.6. The summed E-state index contributed by atoms with van der Waals surface area (Å²) in [6, 6.07) is 14.8. The molecule has 0 aliphatic heterocycles. The summed E-state index contributed by atoms with van der Waals surface area (Å²) in [7, 11) is 3.11. The number of carbonyl (C=O) groups is 1. The van der Waals surface area contributed by atoms with Crippen LogP contribution in [0.1, 0.15) is 21.6 Å². The number of ether oxygens (including phenoxy) is 2. The number of aromatic nitrogens is 1. The summed E-state index contributed by atoms with van der Waals surface area (Å²) in [5.41, 5.74) is 5.00. The van der Waals surface area contributed by atoms with E-state index in [4.69, 9.17) is 9.47 Å². The summed E-state index contributed by atoms with van der Waals surface area (Å²) < 4.78 is 10.5. The fourth-order valence-electron chi connectivity index (χ4n) is 2.90. The van der Waals surface area contributed by atoms with E-state index >= 15 is 0 Å². The van der Waals surface area contributed by atoms with Crippen molar-refractivity contribution in [3.05, 3.63) is 71.5 Å². The van der Waals surface area contributed by atoms with Crippen LogP contribution < -0.4 is 20.1 Å². The lowest BCUT2D eigenvalue weighted by Crippen LogP contribution is -2.14. The molecule has 6 nitrogen and oxygen atoms in total. The van der Waals surface area contributed by atoms with Gasteiger partial charge in [-0.15, -0.1) is 0 Å². The number of methoxy groups -OCH3 is 2. The molecule has 0 atom stereocenters. The van der Waals surface area contributed by atoms with E-state index in [2.05, 4.69) is 15.6 Å². The second kappa shape index (κ2) is 8.43. The molecule has 0 spiro atoms. The maximum Gasteiger partial charge on any atom is 0.274 e. The Hall–Kier alpha value is -3.54. The second-order valence-corrected chi connectivity index (χ2v) is 6.35. The van der Waals surface area contributed by atoms with Crippen LogP contribution in [0.25, 0.3) is 0 Å². The number of para-hydroxylation sites is 1. The molecule has 0 saturated heterocycles. The van der Waals surface area contributed by atoms with Crippen LogP contribution in [-0.2, 0) is 0 Å². The Kier molecular flexibility index (Phi) is 5.79. The largest absolute Gasteiger partial charge is 0.493 e. The standard InChI is InChI=1S/C22H23N3O3/c1-14-6-5-7-15(2)21(14)24-17-10-11-23-18(12-17)22(26)25-16-8-9-19(27-3)20(13-16)28-4/h5-13H,1-4H3,(H,23,24)(H,25,26). The van der Waals surface area contributed by atoms with E-state index < -0.39 is 0 Å². The highest BCUT2D eigenvalue weighted by molar-refractivity contribution is 6.03. The summed E-state index contributed by atoms with van der Waals surface area (Å²) in [5, 5.41) is 6.21. The molecule has 2 N–H and O–H groups in total. The number of rotatable bonds is 6. The Labute approximate surface area is 164 Å². The molecule has 0 bridgehead atoms. The van der Waals surface area contributed by atoms with Gasteiger partial charge in [-0.3, -0.25) is 9.78 Å². The van der Waals surface area contributed by atoms with Gasteiger partial charge in [0, 0.05) is 29.3 Å². The molecular weight excluding hydrogens is 354 g/mol. The second-order valence-electron chi connectivity index (χ2n) is 6.35. The number of anilines is 3. The van der Waals surface area contributed by atoms with Gasteiger partial charge in [0.2, 0.25) is 0 Å². The van der Waals surface area contributed by atoms with E-state index in [1.54, 1.807) is 44.7 Å². The number of hydrogen-bond acceptors (Lipinski definition) is 5. The summed E-state index contributed by atoms with van der Waals surface area (Å²) >= 11 is 0. The van der Waals surface area contributed by atoms with Crippen LogP contribution in [0.5, 0.6) is 11.5 Å². The predicted molar refractivity (Wildman–Crippen MR) is 111 cm³/mol. The molecule has 0 aliphatic carbocycles. The molecule has 0 unspecified atom stereocenters. The Morgan fingerprint density at radius 2 is 1.61 bits per heavy atom. The molecule has 1 amide bonds. The smallest absolute Gasteiger partial charge is 0.274 e. The van der Waals surface area contributed by atoms with E-state index in [-0.39, 0.29) is 5.91 Å². The van der Waals surface area contributed by atoms with Crippen LogP contribution >= 0.6 is 0 Å². The van der Waals surface area contributed by atoms with Crippen LogP contribution in [0.3, 0.4) is 0 Å². The molecule has 144 valence electrons. The first-order valence-corrected chi connectivity index (χ1v) is 8.84. The van der Waals surface area contributed by atoms with Gasteiger partial charge in [-0.1, -0.05) is 18.2 Å². The van der Waals surface area contributed by atoms with Gasteiger partial charge in [-0.05, 0) is 49.2 Å². The molecule has 0 radical (unpaired) electrons. The van der Waals surface area contributed by atoms with Crippen molar-refractivity contribution in [2.24, 2.45) is 0 Å². The first-order valence-electron chi connectivity index (χ1n) is 8.84. The fourth-order valence-corrected chi connectivity index (χ4v) is 2.90. The van der Waals surface area contributed by atoms with Crippen LogP contribution in [-0.4, -0.2) is 25.1 Å². The van der Waals surface area contributed by atoms with Crippen LogP contribution in [0.2, 0.25) is 0 Å². The third-order valence-electron chi connectivity index (χ3n) is 4.38. The third kappa shape index (κ3) is 4.23. The topological polar surface area (TPSA) is 72.5 Å². The predicted octanol–water partition coefficient (Wildman–Crippen LogP) is 4.71. The molecule has 2 aromatic carbocycles. The molecule has 0 saturated carbocycles. The average molecular weight is 377 g/mol. The van der Waals surface area contributed by atoms with E-state index in [0.717, 1.165) is 22.5 Å². The molecule has 0 aliphatic rings. The van der Waals surface area contributed by atoms with Gasteiger partial charge >= 0.3 is 0 Å². The van der Waals surface area contributed by atoms with E-state index in [1.807, 2.05) is 38.1 Å². The minimum absolute atomic E-state index is 0.308. The Bertz CT molecular complexity index is 982. The van der Waals surface area contributed by atoms with Crippen molar-refractivity contribution in [2.45, 2.75) is 13.8 Å². The number of nitrogens with zero attached hydrogens (tertiary/aromatic N) is 1. The highest BCUT2D eigenvalue weighted by Gasteiger charge is 2.12. The molecule has 28 heavy (non-hydrogen) atoms. The van der Waals surface area contributed by atoms with Crippen molar-refractivity contribution in [3.63, 3.8) is 0 Å². The van der Waals surface area contributed by atoms with Gasteiger partial charge in [-0.2, -0.15) is 0 Å². The molecule has 3 aromatic rings. The van der Waals surface area contributed by atoms with Crippen LogP contribution in [0, 0.1) is 13.8 Å². The van der Waals surface area contributed by atoms with E-state index in [9.17, 15) is 4.79 Å². The van der Waals surface area contributed by atoms with Gasteiger partial charge in [-0.25, -0.2) is 0 Å². The molecule has 1 aromatic heterocycles. The Balaban J connectivity index is 1.79. The highest BCUT2D eigenvalue weighted by Crippen LogP contribution is 2.30. The molecule has 0 fully saturated rings. The number of carbonyl (C=O) groups excluding carboxylic acids is 1. The Morgan fingerprint density at radius 3 is 2.29 bits per heavy atom. The lowest BCUT2D eigenvalue weighted by atomic mass is 10.1. The van der Waals surface area contributed by atoms with Crippen molar-refractivity contribution in [2.75, 3.05) is 24.9 Å². The van der Waals surface area contributed by atoms with Crippen LogP contribution in [0.15, 0.2) is 54.7 Å². The third-order valence-corrected chi connectivity index (χ3v) is 4.38. The fraction of sp³-hybridized carbons (Fsp3) is 0.182. The van der Waals surface area contributed by atoms with Crippen molar-refractivity contribution in [3.8, 4) is 11.5 Å². The van der Waals surface area contributed by atoms with E-state index in [1.165, 1.54) is 0 Å². The van der Waals surface area contributed by atoms with Gasteiger partial charge < -0.3 is 20.1 Å². The lowest BCUT2D eigenvalue weighted by molar-refractivity contribution is 0.102. The normalized spacial score (nSPS) is 10.3. The van der Waals surface area contributed by atoms with Crippen molar-refractivity contribution in [1.82, 2.24) is 4.98 Å². The van der Waals surface area contributed by atoms with Gasteiger partial charge in [0.05, 0.1) is 14.2 Å². The number of pyridine rings is 1. The van der Waals surface area contributed by atoms with Gasteiger partial charge in [0.15, 0.2) is 11.5 Å². The lowest BCUT2D eigenvalue weighted by Gasteiger charge is -2.13. The minimum Gasteiger partial charge on any atom is -0.493 e. The zero-order valence-corrected chi connectivity index (χ0v) is 16.4. The summed E-state index contributed by atoms with van der Waals surface area (Å²) in [6.07, 6.45) is 1.61. The molecule has 6 heteroatoms. The van der Waals surface area contributed by atoms with Crippen molar-refractivity contribution in [1.29, 1.82) is 0 Å². The van der Waals surface area contributed by atoms with Crippen molar-refractivity contribution < 1.29 is 14.3 Å². The number of nitrogens with one attached hydrogen (secondary N) is 2. The number of hydrogen-bond donors (Lipinski definition) is 2. The maximum absolute atomic E-state index is 12.6. The van der Waals surface area contributed by atoms with Gasteiger partial charge in [0.1, 0.15) is 5.69 Å².